The molecule has 0 aliphatic carbocycles. The number of aliphatic hydroxyl groups is 4. The number of hydrogen-bond acceptors (Lipinski definition) is 7. The van der Waals surface area contributed by atoms with Crippen molar-refractivity contribution in [1.29, 1.82) is 0 Å². The van der Waals surface area contributed by atoms with E-state index in [0.29, 0.717) is 35.1 Å². The Hall–Kier alpha value is -4.66. The largest absolute Gasteiger partial charge is 0.507 e. The van der Waals surface area contributed by atoms with Crippen LogP contribution in [0.2, 0.25) is 0 Å². The quantitative estimate of drug-likeness (QED) is 0.0809. The summed E-state index contributed by atoms with van der Waals surface area (Å²) >= 11 is 0. The Morgan fingerprint density at radius 1 is 0.490 bits per heavy atom. The van der Waals surface area contributed by atoms with Crippen LogP contribution in [0.4, 0.5) is 17.1 Å². The van der Waals surface area contributed by atoms with E-state index in [2.05, 4.69) is 93.3 Å². The van der Waals surface area contributed by atoms with Crippen LogP contribution >= 0.6 is 0 Å². The van der Waals surface area contributed by atoms with E-state index in [1.54, 1.807) is 24.3 Å². The van der Waals surface area contributed by atoms with Gasteiger partial charge in [-0.15, -0.1) is 0 Å². The first kappa shape index (κ1) is 35.6. The van der Waals surface area contributed by atoms with Gasteiger partial charge in [-0.1, -0.05) is 31.2 Å². The molecule has 0 spiro atoms. The lowest BCUT2D eigenvalue weighted by Crippen LogP contribution is -2.26. The number of anilines is 3. The molecule has 5 aromatic carbocycles. The maximum Gasteiger partial charge on any atom is 0.126 e. The van der Waals surface area contributed by atoms with Crippen LogP contribution in [0.1, 0.15) is 74.5 Å². The summed E-state index contributed by atoms with van der Waals surface area (Å²) in [7, 11) is 0. The van der Waals surface area contributed by atoms with Gasteiger partial charge in [-0.2, -0.15) is 0 Å². The Morgan fingerprint density at radius 3 is 1.20 bits per heavy atom. The van der Waals surface area contributed by atoms with Gasteiger partial charge in [0, 0.05) is 44.7 Å². The second-order valence-electron chi connectivity index (χ2n) is 13.3. The van der Waals surface area contributed by atoms with Gasteiger partial charge in [0.2, 0.25) is 0 Å². The van der Waals surface area contributed by atoms with E-state index >= 15 is 0 Å². The molecule has 0 heterocycles. The van der Waals surface area contributed by atoms with Gasteiger partial charge >= 0.3 is 0 Å². The topological polar surface area (TPSA) is 125 Å². The van der Waals surface area contributed by atoms with Gasteiger partial charge < -0.3 is 35.5 Å². The van der Waals surface area contributed by atoms with Crippen LogP contribution in [0.3, 0.4) is 0 Å². The molecule has 7 nitrogen and oxygen atoms in total. The van der Waals surface area contributed by atoms with Crippen LogP contribution in [0, 0.1) is 27.7 Å². The zero-order chi connectivity index (χ0) is 35.5. The first-order valence-corrected chi connectivity index (χ1v) is 16.6. The first-order chi connectivity index (χ1) is 23.4. The molecule has 5 rings (SSSR count). The average Bonchev–Trinajstić information content (AvgIpc) is 3.11. The molecule has 0 bridgehead atoms. The van der Waals surface area contributed by atoms with Gasteiger partial charge in [0.1, 0.15) is 11.5 Å². The molecule has 0 atom stereocenters. The maximum absolute atomic E-state index is 10.6. The van der Waals surface area contributed by atoms with Crippen molar-refractivity contribution >= 4 is 17.1 Å². The third-order valence-electron chi connectivity index (χ3n) is 10.1. The number of aryl methyl sites for hydroxylation is 5. The highest BCUT2D eigenvalue weighted by Gasteiger charge is 2.32. The van der Waals surface area contributed by atoms with Gasteiger partial charge in [0.15, 0.2) is 0 Å². The summed E-state index contributed by atoms with van der Waals surface area (Å²) in [5, 5.41) is 61.5. The van der Waals surface area contributed by atoms with E-state index in [1.165, 1.54) is 22.3 Å². The van der Waals surface area contributed by atoms with E-state index in [9.17, 15) is 30.6 Å². The molecule has 49 heavy (non-hydrogen) atoms. The zero-order valence-corrected chi connectivity index (χ0v) is 29.0. The molecule has 0 saturated carbocycles. The smallest absolute Gasteiger partial charge is 0.126 e. The van der Waals surface area contributed by atoms with Crippen LogP contribution in [-0.2, 0) is 38.3 Å². The number of rotatable bonds is 12. The number of phenols is 2. The van der Waals surface area contributed by atoms with Gasteiger partial charge in [0.25, 0.3) is 0 Å². The fourth-order valence-electron chi connectivity index (χ4n) is 6.48. The predicted molar refractivity (Wildman–Crippen MR) is 195 cm³/mol. The van der Waals surface area contributed by atoms with E-state index in [0.717, 1.165) is 33.8 Å². The van der Waals surface area contributed by atoms with E-state index in [4.69, 9.17) is 0 Å². The van der Waals surface area contributed by atoms with Crippen molar-refractivity contribution in [1.82, 2.24) is 0 Å². The molecule has 0 saturated heterocycles. The normalized spacial score (nSPS) is 11.6. The third kappa shape index (κ3) is 7.21. The molecule has 0 radical (unpaired) electrons. The minimum atomic E-state index is -0.771. The van der Waals surface area contributed by atoms with Crippen molar-refractivity contribution in [2.24, 2.45) is 0 Å². The number of nitrogens with zero attached hydrogens (tertiary/aromatic N) is 1. The van der Waals surface area contributed by atoms with Gasteiger partial charge in [-0.05, 0) is 140 Å². The molecule has 7 heteroatoms. The lowest BCUT2D eigenvalue weighted by molar-refractivity contribution is 0.263. The number of hydrogen-bond donors (Lipinski definition) is 6. The molecule has 0 fully saturated rings. The predicted octanol–water partition coefficient (Wildman–Crippen LogP) is 7.71. The molecular weight excluding hydrogens is 614 g/mol. The highest BCUT2D eigenvalue weighted by molar-refractivity contribution is 5.77. The highest BCUT2D eigenvalue weighted by Crippen LogP contribution is 2.43. The van der Waals surface area contributed by atoms with Gasteiger partial charge in [0.05, 0.1) is 26.4 Å². The molecule has 0 amide bonds. The third-order valence-corrected chi connectivity index (χ3v) is 10.1. The summed E-state index contributed by atoms with van der Waals surface area (Å²) in [5.41, 5.74) is 11.0. The van der Waals surface area contributed by atoms with E-state index in [1.807, 2.05) is 6.92 Å². The minimum absolute atomic E-state index is 0.151. The van der Waals surface area contributed by atoms with Crippen LogP contribution in [0.5, 0.6) is 11.5 Å². The van der Waals surface area contributed by atoms with Crippen molar-refractivity contribution in [3.05, 3.63) is 146 Å². The Morgan fingerprint density at radius 2 is 0.857 bits per heavy atom. The van der Waals surface area contributed by atoms with Crippen LogP contribution < -0.4 is 4.90 Å². The summed E-state index contributed by atoms with van der Waals surface area (Å²) in [4.78, 5) is 2.26. The highest BCUT2D eigenvalue weighted by atomic mass is 16.3. The summed E-state index contributed by atoms with van der Waals surface area (Å²) in [5.74, 6) is -0.303. The Balaban J connectivity index is 1.56. The molecule has 0 aliphatic rings. The average molecular weight is 662 g/mol. The summed E-state index contributed by atoms with van der Waals surface area (Å²) in [6, 6.07) is 28.4. The number of aromatic hydroxyl groups is 2. The molecule has 6 N–H and O–H groups in total. The first-order valence-electron chi connectivity index (χ1n) is 16.6. The van der Waals surface area contributed by atoms with Crippen LogP contribution in [0.25, 0.3) is 0 Å². The van der Waals surface area contributed by atoms with E-state index < -0.39 is 31.8 Å². The summed E-state index contributed by atoms with van der Waals surface area (Å²) < 4.78 is 0. The lowest BCUT2D eigenvalue weighted by atomic mass is 9.71. The molecule has 256 valence electrons. The second-order valence-corrected chi connectivity index (χ2v) is 13.3. The zero-order valence-electron chi connectivity index (χ0n) is 29.0. The molecule has 0 unspecified atom stereocenters. The van der Waals surface area contributed by atoms with Crippen molar-refractivity contribution in [3.63, 3.8) is 0 Å². The van der Waals surface area contributed by atoms with Gasteiger partial charge in [-0.25, -0.2) is 0 Å². The Labute approximate surface area is 289 Å². The summed E-state index contributed by atoms with van der Waals surface area (Å²) in [6.45, 7) is 8.83. The fraction of sp³-hybridized carbons (Fsp3) is 0.286. The Kier molecular flexibility index (Phi) is 10.8. The van der Waals surface area contributed by atoms with Crippen molar-refractivity contribution in [2.75, 3.05) is 4.90 Å². The molecule has 5 aromatic rings. The van der Waals surface area contributed by atoms with Gasteiger partial charge in [-0.3, -0.25) is 0 Å². The maximum atomic E-state index is 10.6. The van der Waals surface area contributed by atoms with Crippen LogP contribution in [0.15, 0.2) is 84.9 Å². The monoisotopic (exact) mass is 661 g/mol. The van der Waals surface area contributed by atoms with Crippen molar-refractivity contribution < 1.29 is 30.6 Å². The van der Waals surface area contributed by atoms with Crippen molar-refractivity contribution in [3.8, 4) is 11.5 Å². The molecule has 0 aliphatic heterocycles. The fourth-order valence-corrected chi connectivity index (χ4v) is 6.48. The standard InChI is InChI=1S/C42H47NO6/c1-26-6-10-38(16-28(26)3)43(39-11-7-27(2)29(4)17-39)37-12-8-30(9-13-37)14-15-42(5,35-18-31(22-44)40(48)32(19-35)23-45)36-20-33(24-46)41(49)34(21-36)25-47/h6-13,16-21,44-49H,14-15,22-25H2,1-5H3. The minimum Gasteiger partial charge on any atom is -0.507 e. The van der Waals surface area contributed by atoms with Crippen molar-refractivity contribution in [2.45, 2.75) is 79.3 Å². The molecular formula is C42H47NO6. The molecule has 0 aromatic heterocycles. The lowest BCUT2D eigenvalue weighted by Gasteiger charge is -2.33. The SMILES string of the molecule is Cc1ccc(N(c2ccc(CCC(C)(c3cc(CO)c(O)c(CO)c3)c3cc(CO)c(O)c(CO)c3)cc2)c2ccc(C)c(C)c2)cc1C. The number of aliphatic hydroxyl groups excluding tert-OH is 4. The van der Waals surface area contributed by atoms with E-state index in [-0.39, 0.29) is 11.5 Å². The second kappa shape index (κ2) is 14.8. The Bertz CT molecular complexity index is 1790. The summed E-state index contributed by atoms with van der Waals surface area (Å²) in [6.07, 6.45) is 1.20. The number of benzene rings is 5. The van der Waals surface area contributed by atoms with Crippen LogP contribution in [-0.4, -0.2) is 30.6 Å².